The fourth-order valence-electron chi connectivity index (χ4n) is 3.10. The summed E-state index contributed by atoms with van der Waals surface area (Å²) >= 11 is 6.52. The number of halogens is 1. The summed E-state index contributed by atoms with van der Waals surface area (Å²) in [6, 6.07) is 30.5. The van der Waals surface area contributed by atoms with Gasteiger partial charge in [-0.25, -0.2) is 0 Å². The Morgan fingerprint density at radius 1 is 0.741 bits per heavy atom. The maximum atomic E-state index is 6.52. The van der Waals surface area contributed by atoms with Crippen molar-refractivity contribution < 1.29 is 0 Å². The molecule has 27 heavy (non-hydrogen) atoms. The Morgan fingerprint density at radius 3 is 2.30 bits per heavy atom. The van der Waals surface area contributed by atoms with Gasteiger partial charge in [-0.15, -0.1) is 0 Å². The Bertz CT molecular complexity index is 994. The zero-order valence-electron chi connectivity index (χ0n) is 14.7. The molecule has 0 aliphatic carbocycles. The van der Waals surface area contributed by atoms with Crippen LogP contribution in [0.3, 0.4) is 0 Å². The number of hydrogen-bond acceptors (Lipinski definition) is 2. The molecule has 0 saturated heterocycles. The highest BCUT2D eigenvalue weighted by atomic mass is 35.5. The van der Waals surface area contributed by atoms with E-state index in [4.69, 9.17) is 11.6 Å². The molecule has 1 aliphatic heterocycles. The van der Waals surface area contributed by atoms with Crippen LogP contribution in [-0.2, 0) is 0 Å². The number of aromatic nitrogens is 1. The lowest BCUT2D eigenvalue weighted by atomic mass is 10.0. The monoisotopic (exact) mass is 370 g/mol. The molecule has 132 valence electrons. The first-order valence-electron chi connectivity index (χ1n) is 8.87. The van der Waals surface area contributed by atoms with Gasteiger partial charge in [-0.2, -0.15) is 0 Å². The molecule has 3 aromatic carbocycles. The van der Waals surface area contributed by atoms with Crippen molar-refractivity contribution in [3.8, 4) is 0 Å². The van der Waals surface area contributed by atoms with Gasteiger partial charge in [0.15, 0.2) is 0 Å². The molecule has 0 fully saturated rings. The predicted octanol–water partition coefficient (Wildman–Crippen LogP) is 6.65. The molecule has 4 aromatic rings. The van der Waals surface area contributed by atoms with E-state index in [0.29, 0.717) is 0 Å². The molecule has 0 bridgehead atoms. The summed E-state index contributed by atoms with van der Waals surface area (Å²) < 4.78 is 0. The van der Waals surface area contributed by atoms with Crippen molar-refractivity contribution in [2.24, 2.45) is 0 Å². The molecule has 0 amide bonds. The highest BCUT2D eigenvalue weighted by Crippen LogP contribution is 2.36. The molecule has 1 aromatic heterocycles. The van der Waals surface area contributed by atoms with Gasteiger partial charge in [0.05, 0.1) is 5.52 Å². The highest BCUT2D eigenvalue weighted by Gasteiger charge is 2.21. The standard InChI is InChI=1S/C15H12ClN.C9H7N/c16-15-14-9-5-4-6-12(14)10-11-17(15)13-7-2-1-3-8-13;1-2-6-9-8(4-1)5-3-7-10-9/h1-11,15H;1-7H. The molecule has 0 spiro atoms. The fourth-order valence-corrected chi connectivity index (χ4v) is 3.48. The van der Waals surface area contributed by atoms with Gasteiger partial charge in [-0.05, 0) is 41.5 Å². The number of nitrogens with zero attached hydrogens (tertiary/aromatic N) is 2. The van der Waals surface area contributed by atoms with Crippen molar-refractivity contribution in [2.45, 2.75) is 5.50 Å². The fraction of sp³-hybridized carbons (Fsp3) is 0.0417. The van der Waals surface area contributed by atoms with Crippen LogP contribution in [0.4, 0.5) is 5.69 Å². The Kier molecular flexibility index (Phi) is 5.17. The summed E-state index contributed by atoms with van der Waals surface area (Å²) in [5.74, 6) is 0. The highest BCUT2D eigenvalue weighted by molar-refractivity contribution is 6.22. The van der Waals surface area contributed by atoms with Gasteiger partial charge in [0, 0.05) is 23.5 Å². The van der Waals surface area contributed by atoms with Crippen LogP contribution in [0.5, 0.6) is 0 Å². The van der Waals surface area contributed by atoms with E-state index < -0.39 is 0 Å². The number of pyridine rings is 1. The molecule has 2 heterocycles. The molecule has 0 radical (unpaired) electrons. The Hall–Kier alpha value is -3.10. The molecule has 0 saturated carbocycles. The maximum absolute atomic E-state index is 6.52. The molecule has 2 nitrogen and oxygen atoms in total. The van der Waals surface area contributed by atoms with Crippen LogP contribution in [0.1, 0.15) is 16.6 Å². The van der Waals surface area contributed by atoms with Crippen molar-refractivity contribution in [3.05, 3.63) is 115 Å². The summed E-state index contributed by atoms with van der Waals surface area (Å²) in [6.07, 6.45) is 5.94. The summed E-state index contributed by atoms with van der Waals surface area (Å²) in [6.45, 7) is 0. The maximum Gasteiger partial charge on any atom is 0.134 e. The minimum absolute atomic E-state index is 0.140. The van der Waals surface area contributed by atoms with Crippen LogP contribution >= 0.6 is 11.6 Å². The molecule has 1 unspecified atom stereocenters. The molecule has 5 rings (SSSR count). The number of para-hydroxylation sites is 2. The van der Waals surface area contributed by atoms with Crippen molar-refractivity contribution >= 4 is 34.3 Å². The summed E-state index contributed by atoms with van der Waals surface area (Å²) in [5.41, 5.74) is 4.38. The SMILES string of the molecule is ClC1c2ccccc2C=CN1c1ccccc1.c1ccc2ncccc2c1. The molecule has 0 N–H and O–H groups in total. The van der Waals surface area contributed by atoms with Crippen molar-refractivity contribution in [1.82, 2.24) is 4.98 Å². The minimum atomic E-state index is -0.140. The van der Waals surface area contributed by atoms with E-state index in [9.17, 15) is 0 Å². The largest absolute Gasteiger partial charge is 0.327 e. The third-order valence-electron chi connectivity index (χ3n) is 4.48. The summed E-state index contributed by atoms with van der Waals surface area (Å²) in [5, 5.41) is 1.20. The van der Waals surface area contributed by atoms with Crippen LogP contribution in [0, 0.1) is 0 Å². The van der Waals surface area contributed by atoms with E-state index in [1.54, 1.807) is 0 Å². The van der Waals surface area contributed by atoms with Crippen LogP contribution in [0.2, 0.25) is 0 Å². The zero-order chi connectivity index (χ0) is 18.5. The second-order valence-corrected chi connectivity index (χ2v) is 6.63. The lowest BCUT2D eigenvalue weighted by Gasteiger charge is -2.30. The molecule has 1 aliphatic rings. The number of fused-ring (bicyclic) bond motifs is 2. The average molecular weight is 371 g/mol. The Labute approximate surface area is 164 Å². The first-order chi connectivity index (χ1) is 13.3. The first-order valence-corrected chi connectivity index (χ1v) is 9.31. The molecule has 3 heteroatoms. The quantitative estimate of drug-likeness (QED) is 0.275. The Morgan fingerprint density at radius 2 is 1.44 bits per heavy atom. The van der Waals surface area contributed by atoms with Gasteiger partial charge in [-0.1, -0.05) is 78.3 Å². The number of alkyl halides is 1. The van der Waals surface area contributed by atoms with Crippen molar-refractivity contribution in [1.29, 1.82) is 0 Å². The average Bonchev–Trinajstić information content (AvgIpc) is 2.75. The van der Waals surface area contributed by atoms with Crippen LogP contribution < -0.4 is 4.90 Å². The number of anilines is 1. The van der Waals surface area contributed by atoms with E-state index in [0.717, 1.165) is 16.8 Å². The van der Waals surface area contributed by atoms with Crippen molar-refractivity contribution in [2.75, 3.05) is 4.90 Å². The second kappa shape index (κ2) is 8.07. The third-order valence-corrected chi connectivity index (χ3v) is 4.92. The summed E-state index contributed by atoms with van der Waals surface area (Å²) in [4.78, 5) is 6.25. The van der Waals surface area contributed by atoms with E-state index >= 15 is 0 Å². The number of rotatable bonds is 1. The lowest BCUT2D eigenvalue weighted by Crippen LogP contribution is -2.22. The molecular weight excluding hydrogens is 352 g/mol. The summed E-state index contributed by atoms with van der Waals surface area (Å²) in [7, 11) is 0. The van der Waals surface area contributed by atoms with E-state index in [1.165, 1.54) is 10.9 Å². The first kappa shape index (κ1) is 17.3. The minimum Gasteiger partial charge on any atom is -0.327 e. The zero-order valence-corrected chi connectivity index (χ0v) is 15.5. The van der Waals surface area contributed by atoms with Gasteiger partial charge in [0.25, 0.3) is 0 Å². The second-order valence-electron chi connectivity index (χ2n) is 6.22. The normalized spacial score (nSPS) is 15.0. The number of benzene rings is 3. The van der Waals surface area contributed by atoms with Gasteiger partial charge in [0.1, 0.15) is 5.50 Å². The van der Waals surface area contributed by atoms with E-state index in [-0.39, 0.29) is 5.50 Å². The topological polar surface area (TPSA) is 16.1 Å². The van der Waals surface area contributed by atoms with Gasteiger partial charge in [0.2, 0.25) is 0 Å². The number of hydrogen-bond donors (Lipinski definition) is 0. The molecular formula is C24H19ClN2. The predicted molar refractivity (Wildman–Crippen MR) is 115 cm³/mol. The Balaban J connectivity index is 0.000000153. The van der Waals surface area contributed by atoms with E-state index in [1.807, 2.05) is 67.0 Å². The molecule has 1 atom stereocenters. The van der Waals surface area contributed by atoms with Crippen molar-refractivity contribution in [3.63, 3.8) is 0 Å². The van der Waals surface area contributed by atoms with Gasteiger partial charge in [-0.3, -0.25) is 4.98 Å². The third kappa shape index (κ3) is 3.86. The smallest absolute Gasteiger partial charge is 0.134 e. The van der Waals surface area contributed by atoms with Crippen LogP contribution in [0.15, 0.2) is 103 Å². The lowest BCUT2D eigenvalue weighted by molar-refractivity contribution is 0.915. The van der Waals surface area contributed by atoms with Gasteiger partial charge < -0.3 is 4.90 Å². The van der Waals surface area contributed by atoms with Crippen LogP contribution in [-0.4, -0.2) is 4.98 Å². The van der Waals surface area contributed by atoms with E-state index in [2.05, 4.69) is 52.4 Å². The van der Waals surface area contributed by atoms with Gasteiger partial charge >= 0.3 is 0 Å². The van der Waals surface area contributed by atoms with Crippen LogP contribution in [0.25, 0.3) is 17.0 Å².